The maximum Gasteiger partial charge on any atom is 0.250 e. The van der Waals surface area contributed by atoms with Gasteiger partial charge in [0, 0.05) is 0 Å². The van der Waals surface area contributed by atoms with Crippen molar-refractivity contribution in [1.29, 1.82) is 0 Å². The minimum Gasteiger partial charge on any atom is -0.465 e. The van der Waals surface area contributed by atoms with Gasteiger partial charge in [-0.2, -0.15) is 0 Å². The summed E-state index contributed by atoms with van der Waals surface area (Å²) in [6, 6.07) is 3.58. The molecule has 3 aromatic rings. The first-order valence-electron chi connectivity index (χ1n) is 6.08. The van der Waals surface area contributed by atoms with Gasteiger partial charge in [-0.05, 0) is 24.3 Å². The molecule has 7 nitrogen and oxygen atoms in total. The molecule has 0 aromatic carbocycles. The van der Waals surface area contributed by atoms with E-state index in [1.54, 1.807) is 30.5 Å². The van der Waals surface area contributed by atoms with E-state index in [0.29, 0.717) is 11.6 Å². The Labute approximate surface area is 146 Å². The van der Waals surface area contributed by atoms with Crippen LogP contribution in [0, 0.1) is 0 Å². The van der Waals surface area contributed by atoms with Crippen molar-refractivity contribution in [3.05, 3.63) is 61.1 Å². The summed E-state index contributed by atoms with van der Waals surface area (Å²) in [5.74, 6) is 1.15. The van der Waals surface area contributed by atoms with Crippen molar-refractivity contribution in [2.24, 2.45) is 0 Å². The maximum absolute atomic E-state index is 5.67. The third-order valence-electron chi connectivity index (χ3n) is 2.18. The first kappa shape index (κ1) is 17.3. The zero-order valence-electron chi connectivity index (χ0n) is 11.4. The molecule has 0 unspecified atom stereocenters. The monoisotopic (exact) mass is 370 g/mol. The fourth-order valence-corrected chi connectivity index (χ4v) is 1.55. The van der Waals surface area contributed by atoms with Crippen LogP contribution in [0.3, 0.4) is 0 Å². The van der Waals surface area contributed by atoms with Gasteiger partial charge in [0.1, 0.15) is 31.1 Å². The summed E-state index contributed by atoms with van der Waals surface area (Å²) in [6.45, 7) is 0. The molecule has 0 saturated carbocycles. The first-order chi connectivity index (χ1) is 11.1. The molecular weight excluding hydrogens is 363 g/mol. The SMILES string of the molecule is ClC(Cl)(Cl)c1ncnc(C=Cc2ccco2)n1.c1ncncn1. The molecule has 0 amide bonds. The van der Waals surface area contributed by atoms with Crippen molar-refractivity contribution in [1.82, 2.24) is 29.9 Å². The Morgan fingerprint density at radius 2 is 1.61 bits per heavy atom. The zero-order chi connectivity index (χ0) is 16.5. The van der Waals surface area contributed by atoms with Gasteiger partial charge >= 0.3 is 0 Å². The summed E-state index contributed by atoms with van der Waals surface area (Å²) in [5, 5.41) is 0. The van der Waals surface area contributed by atoms with Gasteiger partial charge in [0.25, 0.3) is 0 Å². The van der Waals surface area contributed by atoms with Gasteiger partial charge in [0.2, 0.25) is 3.79 Å². The standard InChI is InChI=1S/C10H6Cl3N3O.C3H3N3/c11-10(12,13)9-15-6-14-8(16-9)4-3-7-2-1-5-17-7;1-4-2-6-3-5-1/h1-6H;1-3H. The molecule has 0 bridgehead atoms. The van der Waals surface area contributed by atoms with E-state index in [2.05, 4.69) is 29.9 Å². The lowest BCUT2D eigenvalue weighted by atomic mass is 10.4. The topological polar surface area (TPSA) is 90.5 Å². The second-order valence-electron chi connectivity index (χ2n) is 3.81. The van der Waals surface area contributed by atoms with Crippen LogP contribution in [-0.2, 0) is 3.79 Å². The minimum absolute atomic E-state index is 0.0802. The highest BCUT2D eigenvalue weighted by Crippen LogP contribution is 2.35. The third kappa shape index (κ3) is 6.27. The van der Waals surface area contributed by atoms with Crippen molar-refractivity contribution in [3.63, 3.8) is 0 Å². The van der Waals surface area contributed by atoms with Gasteiger partial charge in [-0.1, -0.05) is 34.8 Å². The summed E-state index contributed by atoms with van der Waals surface area (Å²) >= 11 is 17.0. The van der Waals surface area contributed by atoms with Gasteiger partial charge in [0.05, 0.1) is 6.26 Å². The van der Waals surface area contributed by atoms with Crippen LogP contribution in [0.4, 0.5) is 0 Å². The van der Waals surface area contributed by atoms with Crippen molar-refractivity contribution in [2.45, 2.75) is 3.79 Å². The number of rotatable bonds is 2. The smallest absolute Gasteiger partial charge is 0.250 e. The van der Waals surface area contributed by atoms with Crippen LogP contribution >= 0.6 is 34.8 Å². The van der Waals surface area contributed by atoms with Crippen molar-refractivity contribution in [3.8, 4) is 0 Å². The van der Waals surface area contributed by atoms with E-state index >= 15 is 0 Å². The molecule has 0 atom stereocenters. The summed E-state index contributed by atoms with van der Waals surface area (Å²) < 4.78 is 3.46. The summed E-state index contributed by atoms with van der Waals surface area (Å²) in [7, 11) is 0. The Morgan fingerprint density at radius 1 is 0.913 bits per heavy atom. The Kier molecular flexibility index (Phi) is 6.40. The number of aromatic nitrogens is 6. The predicted molar refractivity (Wildman–Crippen MR) is 86.5 cm³/mol. The van der Waals surface area contributed by atoms with Gasteiger partial charge in [0.15, 0.2) is 11.6 Å². The second kappa shape index (κ2) is 8.52. The average Bonchev–Trinajstić information content (AvgIpc) is 3.08. The molecule has 118 valence electrons. The van der Waals surface area contributed by atoms with Gasteiger partial charge < -0.3 is 4.42 Å². The zero-order valence-corrected chi connectivity index (χ0v) is 13.7. The molecule has 0 fully saturated rings. The summed E-state index contributed by atoms with van der Waals surface area (Å²) in [6.07, 6.45) is 10.5. The van der Waals surface area contributed by atoms with E-state index in [0.717, 1.165) is 0 Å². The molecule has 3 heterocycles. The number of hydrogen-bond acceptors (Lipinski definition) is 7. The third-order valence-corrected chi connectivity index (χ3v) is 2.69. The van der Waals surface area contributed by atoms with Crippen LogP contribution in [0.5, 0.6) is 0 Å². The van der Waals surface area contributed by atoms with E-state index in [9.17, 15) is 0 Å². The predicted octanol–water partition coefficient (Wildman–Crippen LogP) is 3.33. The van der Waals surface area contributed by atoms with Crippen molar-refractivity contribution in [2.75, 3.05) is 0 Å². The molecule has 0 aliphatic rings. The van der Waals surface area contributed by atoms with Crippen LogP contribution in [0.2, 0.25) is 0 Å². The average molecular weight is 372 g/mol. The van der Waals surface area contributed by atoms with Gasteiger partial charge in [-0.25, -0.2) is 29.9 Å². The molecule has 0 spiro atoms. The maximum atomic E-state index is 5.67. The lowest BCUT2D eigenvalue weighted by molar-refractivity contribution is 0.557. The minimum atomic E-state index is -1.66. The fraction of sp³-hybridized carbons (Fsp3) is 0.0769. The quantitative estimate of drug-likeness (QED) is 0.638. The Morgan fingerprint density at radius 3 is 2.13 bits per heavy atom. The van der Waals surface area contributed by atoms with Crippen LogP contribution < -0.4 is 0 Å². The van der Waals surface area contributed by atoms with Crippen LogP contribution in [0.25, 0.3) is 12.2 Å². The molecule has 0 aliphatic carbocycles. The van der Waals surface area contributed by atoms with Crippen LogP contribution in [0.15, 0.2) is 48.1 Å². The summed E-state index contributed by atoms with van der Waals surface area (Å²) in [5.41, 5.74) is 0. The Bertz CT molecular complexity index is 704. The van der Waals surface area contributed by atoms with E-state index in [1.165, 1.54) is 25.3 Å². The van der Waals surface area contributed by atoms with E-state index in [4.69, 9.17) is 39.2 Å². The van der Waals surface area contributed by atoms with Gasteiger partial charge in [-0.3, -0.25) is 0 Å². The van der Waals surface area contributed by atoms with Crippen LogP contribution in [-0.4, -0.2) is 29.9 Å². The largest absolute Gasteiger partial charge is 0.465 e. The number of nitrogens with zero attached hydrogens (tertiary/aromatic N) is 6. The molecule has 3 rings (SSSR count). The van der Waals surface area contributed by atoms with Crippen molar-refractivity contribution >= 4 is 47.0 Å². The fourth-order valence-electron chi connectivity index (χ4n) is 1.27. The molecule has 0 radical (unpaired) electrons. The molecule has 23 heavy (non-hydrogen) atoms. The molecule has 10 heteroatoms. The van der Waals surface area contributed by atoms with Crippen molar-refractivity contribution < 1.29 is 4.42 Å². The number of alkyl halides is 3. The normalized spacial score (nSPS) is 11.1. The first-order valence-corrected chi connectivity index (χ1v) is 7.22. The molecule has 0 N–H and O–H groups in total. The van der Waals surface area contributed by atoms with Gasteiger partial charge in [-0.15, -0.1) is 0 Å². The summed E-state index contributed by atoms with van der Waals surface area (Å²) in [4.78, 5) is 22.4. The van der Waals surface area contributed by atoms with E-state index in [-0.39, 0.29) is 5.82 Å². The molecule has 3 aromatic heterocycles. The lowest BCUT2D eigenvalue weighted by Crippen LogP contribution is -2.08. The molecule has 0 aliphatic heterocycles. The number of furan rings is 1. The highest BCUT2D eigenvalue weighted by molar-refractivity contribution is 6.66. The van der Waals surface area contributed by atoms with E-state index in [1.807, 2.05) is 0 Å². The number of halogens is 3. The second-order valence-corrected chi connectivity index (χ2v) is 6.09. The Balaban J connectivity index is 0.000000268. The molecule has 0 saturated heterocycles. The Hall–Kier alpha value is -2.09. The number of hydrogen-bond donors (Lipinski definition) is 0. The van der Waals surface area contributed by atoms with Crippen LogP contribution in [0.1, 0.15) is 17.4 Å². The highest BCUT2D eigenvalue weighted by atomic mass is 35.6. The van der Waals surface area contributed by atoms with E-state index < -0.39 is 3.79 Å². The highest BCUT2D eigenvalue weighted by Gasteiger charge is 2.26. The molecular formula is C13H9Cl3N6O. The lowest BCUT2D eigenvalue weighted by Gasteiger charge is -2.07.